The van der Waals surface area contributed by atoms with Gasteiger partial charge in [-0.2, -0.15) is 0 Å². The molecule has 1 aromatic rings. The molecule has 1 aromatic carbocycles. The number of nitrogens with zero attached hydrogens (tertiary/aromatic N) is 3. The molecule has 7 heteroatoms. The molecule has 2 aliphatic rings. The minimum absolute atomic E-state index is 0. The van der Waals surface area contributed by atoms with E-state index in [0.29, 0.717) is 18.4 Å². The lowest BCUT2D eigenvalue weighted by Gasteiger charge is -2.35. The van der Waals surface area contributed by atoms with Gasteiger partial charge in [-0.3, -0.25) is 14.6 Å². The predicted molar refractivity (Wildman–Crippen MR) is 111 cm³/mol. The van der Waals surface area contributed by atoms with Crippen LogP contribution in [0, 0.1) is 5.92 Å². The van der Waals surface area contributed by atoms with Crippen LogP contribution >= 0.6 is 24.8 Å². The summed E-state index contributed by atoms with van der Waals surface area (Å²) in [7, 11) is 1.99. The van der Waals surface area contributed by atoms with Crippen LogP contribution in [0.5, 0.6) is 0 Å². The van der Waals surface area contributed by atoms with Crippen molar-refractivity contribution in [3.05, 3.63) is 35.9 Å². The average Bonchev–Trinajstić information content (AvgIpc) is 3.07. The SMILES string of the molecule is CNCC1CCN(C(=O)CN2CCN(Cc3ccccc3)CC2)C1.Cl.Cl. The normalized spacial score (nSPS) is 21.1. The second-order valence-corrected chi connectivity index (χ2v) is 7.09. The van der Waals surface area contributed by atoms with E-state index >= 15 is 0 Å². The highest BCUT2D eigenvalue weighted by molar-refractivity contribution is 5.85. The number of amides is 1. The van der Waals surface area contributed by atoms with Crippen LogP contribution in [-0.2, 0) is 11.3 Å². The Bertz CT molecular complexity index is 524. The molecule has 0 aliphatic carbocycles. The number of hydrogen-bond acceptors (Lipinski definition) is 4. The molecule has 0 aromatic heterocycles. The number of carbonyl (C=O) groups is 1. The maximum atomic E-state index is 12.5. The third-order valence-electron chi connectivity index (χ3n) is 5.20. The zero-order valence-electron chi connectivity index (χ0n) is 15.6. The first kappa shape index (κ1) is 23.2. The van der Waals surface area contributed by atoms with E-state index in [0.717, 1.165) is 58.8 Å². The van der Waals surface area contributed by atoms with Gasteiger partial charge in [-0.15, -0.1) is 24.8 Å². The van der Waals surface area contributed by atoms with Crippen LogP contribution in [0.3, 0.4) is 0 Å². The Labute approximate surface area is 169 Å². The van der Waals surface area contributed by atoms with E-state index in [1.807, 2.05) is 7.05 Å². The monoisotopic (exact) mass is 402 g/mol. The van der Waals surface area contributed by atoms with E-state index in [1.54, 1.807) is 0 Å². The first-order valence-electron chi connectivity index (χ1n) is 9.15. The Hall–Kier alpha value is -0.850. The fraction of sp³-hybridized carbons (Fsp3) is 0.632. The summed E-state index contributed by atoms with van der Waals surface area (Å²) in [4.78, 5) is 19.3. The van der Waals surface area contributed by atoms with E-state index in [1.165, 1.54) is 5.56 Å². The third-order valence-corrected chi connectivity index (χ3v) is 5.20. The standard InChI is InChI=1S/C19H30N4O.2ClH/c1-20-13-18-7-8-23(15-18)19(24)16-22-11-9-21(10-12-22)14-17-5-3-2-4-6-17;;/h2-6,18,20H,7-16H2,1H3;2*1H. The molecule has 2 saturated heterocycles. The van der Waals surface area contributed by atoms with Gasteiger partial charge in [-0.1, -0.05) is 30.3 Å². The molecule has 2 fully saturated rings. The minimum atomic E-state index is 0. The van der Waals surface area contributed by atoms with Crippen molar-refractivity contribution in [3.63, 3.8) is 0 Å². The summed E-state index contributed by atoms with van der Waals surface area (Å²) < 4.78 is 0. The van der Waals surface area contributed by atoms with E-state index < -0.39 is 0 Å². The molecule has 2 heterocycles. The number of carbonyl (C=O) groups excluding carboxylic acids is 1. The van der Waals surface area contributed by atoms with Crippen LogP contribution in [0.25, 0.3) is 0 Å². The Morgan fingerprint density at radius 3 is 2.35 bits per heavy atom. The van der Waals surface area contributed by atoms with Gasteiger partial charge in [0.1, 0.15) is 0 Å². The molecule has 0 bridgehead atoms. The summed E-state index contributed by atoms with van der Waals surface area (Å²) in [5, 5.41) is 3.22. The zero-order chi connectivity index (χ0) is 16.8. The van der Waals surface area contributed by atoms with Crippen molar-refractivity contribution in [3.8, 4) is 0 Å². The Morgan fingerprint density at radius 2 is 1.69 bits per heavy atom. The fourth-order valence-corrected chi connectivity index (χ4v) is 3.75. The highest BCUT2D eigenvalue weighted by Crippen LogP contribution is 2.16. The van der Waals surface area contributed by atoms with E-state index in [9.17, 15) is 4.79 Å². The molecule has 26 heavy (non-hydrogen) atoms. The number of benzene rings is 1. The van der Waals surface area contributed by atoms with Crippen molar-refractivity contribution in [2.45, 2.75) is 13.0 Å². The van der Waals surface area contributed by atoms with Crippen molar-refractivity contribution in [1.29, 1.82) is 0 Å². The lowest BCUT2D eigenvalue weighted by molar-refractivity contribution is -0.131. The molecule has 1 unspecified atom stereocenters. The molecule has 5 nitrogen and oxygen atoms in total. The number of likely N-dealkylation sites (tertiary alicyclic amines) is 1. The average molecular weight is 403 g/mol. The van der Waals surface area contributed by atoms with Crippen molar-refractivity contribution >= 4 is 30.7 Å². The van der Waals surface area contributed by atoms with Crippen LogP contribution in [-0.4, -0.2) is 80.0 Å². The molecular formula is C19H32Cl2N4O. The third kappa shape index (κ3) is 6.71. The Morgan fingerprint density at radius 1 is 1.04 bits per heavy atom. The van der Waals surface area contributed by atoms with Crippen molar-refractivity contribution in [1.82, 2.24) is 20.0 Å². The molecule has 0 spiro atoms. The molecular weight excluding hydrogens is 371 g/mol. The van der Waals surface area contributed by atoms with Gasteiger partial charge in [-0.05, 0) is 31.5 Å². The predicted octanol–water partition coefficient (Wildman–Crippen LogP) is 1.72. The van der Waals surface area contributed by atoms with E-state index in [-0.39, 0.29) is 24.8 Å². The van der Waals surface area contributed by atoms with Gasteiger partial charge in [0.15, 0.2) is 0 Å². The topological polar surface area (TPSA) is 38.8 Å². The highest BCUT2D eigenvalue weighted by Gasteiger charge is 2.27. The molecule has 3 rings (SSSR count). The van der Waals surface area contributed by atoms with Gasteiger partial charge in [-0.25, -0.2) is 0 Å². The van der Waals surface area contributed by atoms with Crippen LogP contribution in [0.4, 0.5) is 0 Å². The van der Waals surface area contributed by atoms with Crippen molar-refractivity contribution in [2.75, 3.05) is 59.4 Å². The summed E-state index contributed by atoms with van der Waals surface area (Å²) >= 11 is 0. The van der Waals surface area contributed by atoms with Gasteiger partial charge in [0.2, 0.25) is 5.91 Å². The van der Waals surface area contributed by atoms with Crippen LogP contribution in [0.2, 0.25) is 0 Å². The lowest BCUT2D eigenvalue weighted by atomic mass is 10.1. The van der Waals surface area contributed by atoms with Gasteiger partial charge in [0.25, 0.3) is 0 Å². The molecule has 1 atom stereocenters. The second kappa shape index (κ2) is 11.8. The molecule has 1 N–H and O–H groups in total. The van der Waals surface area contributed by atoms with Crippen molar-refractivity contribution < 1.29 is 4.79 Å². The molecule has 148 valence electrons. The smallest absolute Gasteiger partial charge is 0.236 e. The largest absolute Gasteiger partial charge is 0.341 e. The Balaban J connectivity index is 0.00000169. The second-order valence-electron chi connectivity index (χ2n) is 7.09. The van der Waals surface area contributed by atoms with Gasteiger partial charge in [0.05, 0.1) is 6.54 Å². The highest BCUT2D eigenvalue weighted by atomic mass is 35.5. The van der Waals surface area contributed by atoms with Crippen LogP contribution < -0.4 is 5.32 Å². The Kier molecular flexibility index (Phi) is 10.5. The summed E-state index contributed by atoms with van der Waals surface area (Å²) in [5.74, 6) is 0.937. The number of piperazine rings is 1. The fourth-order valence-electron chi connectivity index (χ4n) is 3.75. The summed E-state index contributed by atoms with van der Waals surface area (Å²) in [6.45, 7) is 8.55. The number of hydrogen-bond donors (Lipinski definition) is 1. The molecule has 0 radical (unpaired) electrons. The summed E-state index contributed by atoms with van der Waals surface area (Å²) in [6.07, 6.45) is 1.14. The van der Waals surface area contributed by atoms with Gasteiger partial charge in [0, 0.05) is 45.8 Å². The van der Waals surface area contributed by atoms with Crippen LogP contribution in [0.15, 0.2) is 30.3 Å². The summed E-state index contributed by atoms with van der Waals surface area (Å²) in [6, 6.07) is 10.6. The van der Waals surface area contributed by atoms with E-state index in [4.69, 9.17) is 0 Å². The van der Waals surface area contributed by atoms with Crippen LogP contribution in [0.1, 0.15) is 12.0 Å². The lowest BCUT2D eigenvalue weighted by Crippen LogP contribution is -2.49. The molecule has 1 amide bonds. The maximum absolute atomic E-state index is 12.5. The maximum Gasteiger partial charge on any atom is 0.236 e. The van der Waals surface area contributed by atoms with Gasteiger partial charge < -0.3 is 10.2 Å². The number of rotatable bonds is 6. The first-order valence-corrected chi connectivity index (χ1v) is 9.15. The van der Waals surface area contributed by atoms with Gasteiger partial charge >= 0.3 is 0 Å². The summed E-state index contributed by atoms with van der Waals surface area (Å²) in [5.41, 5.74) is 1.37. The van der Waals surface area contributed by atoms with Crippen molar-refractivity contribution in [2.24, 2.45) is 5.92 Å². The van der Waals surface area contributed by atoms with E-state index in [2.05, 4.69) is 50.3 Å². The minimum Gasteiger partial charge on any atom is -0.341 e. The molecule has 2 aliphatic heterocycles. The number of nitrogens with one attached hydrogen (secondary N) is 1. The first-order chi connectivity index (χ1) is 11.7. The zero-order valence-corrected chi connectivity index (χ0v) is 17.2. The number of halogens is 2. The quantitative estimate of drug-likeness (QED) is 0.785. The molecule has 0 saturated carbocycles.